The zero-order chi connectivity index (χ0) is 14.4. The summed E-state index contributed by atoms with van der Waals surface area (Å²) < 4.78 is 15.2. The number of rotatable bonds is 1. The molecular weight excluding hydrogens is 247 g/mol. The summed E-state index contributed by atoms with van der Waals surface area (Å²) in [4.78, 5) is 16.1. The van der Waals surface area contributed by atoms with Gasteiger partial charge < -0.3 is 5.11 Å². The topological polar surface area (TPSA) is 54.6 Å². The zero-order valence-corrected chi connectivity index (χ0v) is 11.5. The van der Waals surface area contributed by atoms with Gasteiger partial charge in [0.2, 0.25) is 5.75 Å². The molecule has 2 heterocycles. The predicted octanol–water partition coefficient (Wildman–Crippen LogP) is 2.40. The Morgan fingerprint density at radius 3 is 2.58 bits per heavy atom. The summed E-state index contributed by atoms with van der Waals surface area (Å²) in [6.45, 7) is 7.52. The Balaban J connectivity index is 2.90. The summed E-state index contributed by atoms with van der Waals surface area (Å²) in [5, 5.41) is 9.76. The number of aryl methyl sites for hydroxylation is 1. The van der Waals surface area contributed by atoms with Gasteiger partial charge in [-0.25, -0.2) is 9.37 Å². The molecule has 0 aliphatic rings. The van der Waals surface area contributed by atoms with Crippen LogP contribution in [0.4, 0.5) is 4.39 Å². The van der Waals surface area contributed by atoms with E-state index in [0.717, 1.165) is 4.40 Å². The highest BCUT2D eigenvalue weighted by Gasteiger charge is 2.19. The molecule has 4 nitrogen and oxygen atoms in total. The van der Waals surface area contributed by atoms with Crippen molar-refractivity contribution < 1.29 is 9.50 Å². The summed E-state index contributed by atoms with van der Waals surface area (Å²) in [5.41, 5.74) is -0.0926. The molecule has 1 N–H and O–H groups in total. The maximum atomic E-state index is 14.1. The van der Waals surface area contributed by atoms with Crippen molar-refractivity contribution in [2.45, 2.75) is 39.5 Å². The molecule has 0 bridgehead atoms. The quantitative estimate of drug-likeness (QED) is 0.860. The van der Waals surface area contributed by atoms with Crippen molar-refractivity contribution in [3.8, 4) is 5.75 Å². The van der Waals surface area contributed by atoms with Crippen LogP contribution in [0.15, 0.2) is 17.1 Å². The number of pyridine rings is 1. The van der Waals surface area contributed by atoms with Crippen LogP contribution in [0.5, 0.6) is 5.75 Å². The van der Waals surface area contributed by atoms with Crippen molar-refractivity contribution in [3.63, 3.8) is 0 Å². The summed E-state index contributed by atoms with van der Waals surface area (Å²) in [7, 11) is 0. The molecule has 2 aromatic heterocycles. The molecule has 0 amide bonds. The second-order valence-electron chi connectivity index (χ2n) is 5.59. The average molecular weight is 264 g/mol. The number of hydrogen-bond donors (Lipinski definition) is 1. The van der Waals surface area contributed by atoms with Gasteiger partial charge >= 0.3 is 0 Å². The largest absolute Gasteiger partial charge is 0.502 e. The van der Waals surface area contributed by atoms with Gasteiger partial charge in [0, 0.05) is 6.20 Å². The van der Waals surface area contributed by atoms with Crippen LogP contribution in [-0.4, -0.2) is 14.5 Å². The van der Waals surface area contributed by atoms with Gasteiger partial charge in [-0.3, -0.25) is 9.20 Å². The van der Waals surface area contributed by atoms with E-state index in [4.69, 9.17) is 0 Å². The van der Waals surface area contributed by atoms with Crippen molar-refractivity contribution in [1.82, 2.24) is 9.38 Å². The third kappa shape index (κ3) is 2.20. The fourth-order valence-electron chi connectivity index (χ4n) is 1.89. The smallest absolute Gasteiger partial charge is 0.300 e. The van der Waals surface area contributed by atoms with E-state index < -0.39 is 17.1 Å². The van der Waals surface area contributed by atoms with Gasteiger partial charge in [0.15, 0.2) is 11.5 Å². The Labute approximate surface area is 110 Å². The van der Waals surface area contributed by atoms with E-state index in [-0.39, 0.29) is 16.8 Å². The van der Waals surface area contributed by atoms with Gasteiger partial charge in [0.05, 0.1) is 5.69 Å². The lowest BCUT2D eigenvalue weighted by Crippen LogP contribution is -2.21. The Kier molecular flexibility index (Phi) is 3.08. The van der Waals surface area contributed by atoms with E-state index in [2.05, 4.69) is 4.98 Å². The molecule has 0 aliphatic heterocycles. The van der Waals surface area contributed by atoms with Crippen LogP contribution in [0, 0.1) is 5.82 Å². The van der Waals surface area contributed by atoms with Crippen molar-refractivity contribution in [3.05, 3.63) is 39.7 Å². The number of halogens is 1. The first-order valence-electron chi connectivity index (χ1n) is 6.20. The molecule has 0 radical (unpaired) electrons. The van der Waals surface area contributed by atoms with E-state index in [0.29, 0.717) is 12.0 Å². The summed E-state index contributed by atoms with van der Waals surface area (Å²) in [5.74, 6) is -0.968. The molecule has 0 saturated carbocycles. The molecule has 0 spiro atoms. The Morgan fingerprint density at radius 1 is 1.42 bits per heavy atom. The lowest BCUT2D eigenvalue weighted by Gasteiger charge is -2.20. The Bertz CT molecular complexity index is 699. The molecule has 2 aromatic rings. The minimum Gasteiger partial charge on any atom is -0.502 e. The van der Waals surface area contributed by atoms with Crippen molar-refractivity contribution >= 4 is 5.65 Å². The first-order chi connectivity index (χ1) is 8.75. The number of nitrogens with zero attached hydrogens (tertiary/aromatic N) is 2. The molecule has 0 unspecified atom stereocenters. The molecule has 0 fully saturated rings. The predicted molar refractivity (Wildman–Crippen MR) is 71.2 cm³/mol. The second kappa shape index (κ2) is 4.33. The number of aromatic hydroxyl groups is 1. The molecule has 0 atom stereocenters. The molecule has 0 aromatic carbocycles. The normalized spacial score (nSPS) is 12.1. The second-order valence-corrected chi connectivity index (χ2v) is 5.59. The number of hydrogen-bond acceptors (Lipinski definition) is 3. The molecule has 0 saturated heterocycles. The van der Waals surface area contributed by atoms with Crippen LogP contribution < -0.4 is 5.56 Å². The highest BCUT2D eigenvalue weighted by atomic mass is 19.1. The summed E-state index contributed by atoms with van der Waals surface area (Å²) in [6.07, 6.45) is 1.91. The van der Waals surface area contributed by atoms with E-state index >= 15 is 0 Å². The van der Waals surface area contributed by atoms with Gasteiger partial charge in [0.25, 0.3) is 5.56 Å². The van der Waals surface area contributed by atoms with E-state index in [1.807, 2.05) is 20.8 Å². The Morgan fingerprint density at radius 2 is 2.05 bits per heavy atom. The third-order valence-corrected chi connectivity index (χ3v) is 3.13. The van der Waals surface area contributed by atoms with Gasteiger partial charge in [0.1, 0.15) is 0 Å². The van der Waals surface area contributed by atoms with Crippen LogP contribution in [0.25, 0.3) is 5.65 Å². The standard InChI is InChI=1S/C14H17FN2O2/c1-5-10-11(18)13(19)17-7-8(14(2,3)4)6-9(15)12(17)16-10/h6-7,18H,5H2,1-4H3. The minimum absolute atomic E-state index is 0.0485. The zero-order valence-electron chi connectivity index (χ0n) is 11.5. The Hall–Kier alpha value is -1.91. The molecule has 5 heteroatoms. The van der Waals surface area contributed by atoms with Gasteiger partial charge in [-0.15, -0.1) is 0 Å². The van der Waals surface area contributed by atoms with Crippen molar-refractivity contribution in [2.24, 2.45) is 0 Å². The molecule has 0 aliphatic carbocycles. The lowest BCUT2D eigenvalue weighted by molar-refractivity contribution is 0.453. The van der Waals surface area contributed by atoms with E-state index in [9.17, 15) is 14.3 Å². The monoisotopic (exact) mass is 264 g/mol. The summed E-state index contributed by atoms with van der Waals surface area (Å²) in [6, 6.07) is 1.39. The van der Waals surface area contributed by atoms with Crippen LogP contribution in [0.1, 0.15) is 39.0 Å². The summed E-state index contributed by atoms with van der Waals surface area (Å²) >= 11 is 0. The van der Waals surface area contributed by atoms with E-state index in [1.165, 1.54) is 12.3 Å². The number of aromatic nitrogens is 2. The molecule has 2 rings (SSSR count). The molecule has 19 heavy (non-hydrogen) atoms. The van der Waals surface area contributed by atoms with Crippen molar-refractivity contribution in [1.29, 1.82) is 0 Å². The molecular formula is C14H17FN2O2. The maximum Gasteiger partial charge on any atom is 0.300 e. The SMILES string of the molecule is CCc1nc2c(F)cc(C(C)(C)C)cn2c(=O)c1O. The molecule has 102 valence electrons. The first kappa shape index (κ1) is 13.5. The highest BCUT2D eigenvalue weighted by molar-refractivity contribution is 5.46. The lowest BCUT2D eigenvalue weighted by atomic mass is 9.88. The first-order valence-corrected chi connectivity index (χ1v) is 6.20. The number of fused-ring (bicyclic) bond motifs is 1. The van der Waals surface area contributed by atoms with Gasteiger partial charge in [-0.2, -0.15) is 0 Å². The fraction of sp³-hybridized carbons (Fsp3) is 0.429. The van der Waals surface area contributed by atoms with Crippen LogP contribution in [0.3, 0.4) is 0 Å². The minimum atomic E-state index is -0.633. The van der Waals surface area contributed by atoms with Gasteiger partial charge in [-0.1, -0.05) is 27.7 Å². The fourth-order valence-corrected chi connectivity index (χ4v) is 1.89. The van der Waals surface area contributed by atoms with E-state index in [1.54, 1.807) is 6.92 Å². The maximum absolute atomic E-state index is 14.1. The van der Waals surface area contributed by atoms with Gasteiger partial charge in [-0.05, 0) is 23.5 Å². The highest BCUT2D eigenvalue weighted by Crippen LogP contribution is 2.24. The van der Waals surface area contributed by atoms with Crippen LogP contribution in [0.2, 0.25) is 0 Å². The van der Waals surface area contributed by atoms with Crippen LogP contribution >= 0.6 is 0 Å². The average Bonchev–Trinajstić information content (AvgIpc) is 2.32. The van der Waals surface area contributed by atoms with Crippen LogP contribution in [-0.2, 0) is 11.8 Å². The third-order valence-electron chi connectivity index (χ3n) is 3.13. The van der Waals surface area contributed by atoms with Crippen molar-refractivity contribution in [2.75, 3.05) is 0 Å².